The summed E-state index contributed by atoms with van der Waals surface area (Å²) < 4.78 is 43.6. The molecule has 0 saturated heterocycles. The molecule has 1 atom stereocenters. The molecule has 1 unspecified atom stereocenters. The van der Waals surface area contributed by atoms with Gasteiger partial charge in [0.2, 0.25) is 0 Å². The summed E-state index contributed by atoms with van der Waals surface area (Å²) >= 11 is 0. The van der Waals surface area contributed by atoms with Crippen molar-refractivity contribution in [1.82, 2.24) is 0 Å². The zero-order valence-corrected chi connectivity index (χ0v) is 12.3. The van der Waals surface area contributed by atoms with Gasteiger partial charge in [-0.05, 0) is 41.3 Å². The lowest BCUT2D eigenvalue weighted by Crippen LogP contribution is -2.20. The van der Waals surface area contributed by atoms with Gasteiger partial charge in [0.15, 0.2) is 6.10 Å². The van der Waals surface area contributed by atoms with Crippen molar-refractivity contribution in [2.45, 2.75) is 32.0 Å². The second-order valence-electron chi connectivity index (χ2n) is 5.31. The predicted molar refractivity (Wildman–Crippen MR) is 78.1 cm³/mol. The number of halogens is 3. The Hall–Kier alpha value is -2.01. The van der Waals surface area contributed by atoms with Crippen molar-refractivity contribution < 1.29 is 23.0 Å². The second kappa shape index (κ2) is 6.40. The van der Waals surface area contributed by atoms with Crippen molar-refractivity contribution in [2.24, 2.45) is 0 Å². The van der Waals surface area contributed by atoms with E-state index < -0.39 is 12.3 Å². The molecule has 0 radical (unpaired) electrons. The maximum Gasteiger partial charge on any atom is 0.418 e. The van der Waals surface area contributed by atoms with E-state index in [2.05, 4.69) is 0 Å². The third-order valence-electron chi connectivity index (χ3n) is 3.25. The third kappa shape index (κ3) is 3.80. The highest BCUT2D eigenvalue weighted by molar-refractivity contribution is 5.43. The average molecular weight is 310 g/mol. The third-order valence-corrected chi connectivity index (χ3v) is 3.25. The van der Waals surface area contributed by atoms with Crippen LogP contribution in [0, 0.1) is 0 Å². The molecule has 5 heteroatoms. The Bertz CT molecular complexity index is 622. The highest BCUT2D eigenvalue weighted by atomic mass is 19.4. The number of benzene rings is 2. The molecule has 0 aliphatic carbocycles. The van der Waals surface area contributed by atoms with Gasteiger partial charge in [-0.1, -0.05) is 38.1 Å². The van der Waals surface area contributed by atoms with Gasteiger partial charge in [-0.2, -0.15) is 13.2 Å². The van der Waals surface area contributed by atoms with Gasteiger partial charge >= 0.3 is 6.18 Å². The molecule has 2 rings (SSSR count). The molecular formula is C17H17F3O2. The fourth-order valence-corrected chi connectivity index (χ4v) is 2.09. The zero-order chi connectivity index (χ0) is 16.3. The molecule has 0 aliphatic heterocycles. The van der Waals surface area contributed by atoms with Crippen LogP contribution >= 0.6 is 0 Å². The van der Waals surface area contributed by atoms with Crippen LogP contribution in [0.3, 0.4) is 0 Å². The molecule has 0 aromatic heterocycles. The van der Waals surface area contributed by atoms with Crippen molar-refractivity contribution in [3.05, 3.63) is 59.7 Å². The summed E-state index contributed by atoms with van der Waals surface area (Å²) in [5.74, 6) is 1.05. The van der Waals surface area contributed by atoms with Gasteiger partial charge in [0, 0.05) is 0 Å². The Kier molecular flexibility index (Phi) is 4.76. The SMILES string of the molecule is CC(C)c1cc(C(O)C(F)(F)F)ccc1Oc1ccccc1. The number of hydrogen-bond donors (Lipinski definition) is 1. The van der Waals surface area contributed by atoms with Crippen molar-refractivity contribution in [2.75, 3.05) is 0 Å². The summed E-state index contributed by atoms with van der Waals surface area (Å²) in [5.41, 5.74) is 0.432. The number of alkyl halides is 3. The molecule has 0 saturated carbocycles. The van der Waals surface area contributed by atoms with Gasteiger partial charge < -0.3 is 9.84 Å². The van der Waals surface area contributed by atoms with E-state index in [1.54, 1.807) is 12.1 Å². The van der Waals surface area contributed by atoms with E-state index >= 15 is 0 Å². The lowest BCUT2D eigenvalue weighted by molar-refractivity contribution is -0.206. The lowest BCUT2D eigenvalue weighted by Gasteiger charge is -2.19. The summed E-state index contributed by atoms with van der Waals surface area (Å²) in [6.07, 6.45) is -7.17. The van der Waals surface area contributed by atoms with Crippen LogP contribution in [0.15, 0.2) is 48.5 Å². The number of rotatable bonds is 4. The smallest absolute Gasteiger partial charge is 0.418 e. The minimum Gasteiger partial charge on any atom is -0.457 e. The first-order chi connectivity index (χ1) is 10.3. The summed E-state index contributed by atoms with van der Waals surface area (Å²) in [6, 6.07) is 13.1. The fraction of sp³-hybridized carbons (Fsp3) is 0.294. The molecule has 2 aromatic rings. The van der Waals surface area contributed by atoms with Crippen LogP contribution in [0.1, 0.15) is 37.0 Å². The van der Waals surface area contributed by atoms with Crippen LogP contribution in [0.25, 0.3) is 0 Å². The van der Waals surface area contributed by atoms with E-state index in [1.165, 1.54) is 18.2 Å². The normalized spacial score (nSPS) is 13.2. The molecule has 0 amide bonds. The molecule has 0 spiro atoms. The van der Waals surface area contributed by atoms with Gasteiger partial charge in [-0.25, -0.2) is 0 Å². The minimum atomic E-state index is -4.68. The van der Waals surface area contributed by atoms with Crippen LogP contribution in [-0.2, 0) is 0 Å². The van der Waals surface area contributed by atoms with Crippen molar-refractivity contribution in [3.63, 3.8) is 0 Å². The summed E-state index contributed by atoms with van der Waals surface area (Å²) in [4.78, 5) is 0. The molecule has 118 valence electrons. The van der Waals surface area contributed by atoms with E-state index in [1.807, 2.05) is 32.0 Å². The van der Waals surface area contributed by atoms with Crippen LogP contribution in [-0.4, -0.2) is 11.3 Å². The van der Waals surface area contributed by atoms with Gasteiger partial charge in [0.05, 0.1) is 0 Å². The molecule has 1 N–H and O–H groups in total. The number of aliphatic hydroxyl groups excluding tert-OH is 1. The first kappa shape index (κ1) is 16.4. The molecule has 22 heavy (non-hydrogen) atoms. The number of ether oxygens (including phenoxy) is 1. The summed E-state index contributed by atoms with van der Waals surface area (Å²) in [5, 5.41) is 9.38. The van der Waals surface area contributed by atoms with E-state index in [0.29, 0.717) is 17.1 Å². The van der Waals surface area contributed by atoms with E-state index in [9.17, 15) is 18.3 Å². The number of para-hydroxylation sites is 1. The molecule has 0 bridgehead atoms. The quantitative estimate of drug-likeness (QED) is 0.841. The lowest BCUT2D eigenvalue weighted by atomic mass is 9.97. The van der Waals surface area contributed by atoms with Crippen molar-refractivity contribution in [3.8, 4) is 11.5 Å². The Morgan fingerprint density at radius 3 is 2.18 bits per heavy atom. The van der Waals surface area contributed by atoms with Crippen molar-refractivity contribution in [1.29, 1.82) is 0 Å². The molecule has 0 heterocycles. The maximum atomic E-state index is 12.6. The Balaban J connectivity index is 2.36. The Labute approximate surface area is 127 Å². The molecular weight excluding hydrogens is 293 g/mol. The minimum absolute atomic E-state index is 0.0425. The van der Waals surface area contributed by atoms with Gasteiger partial charge in [-0.3, -0.25) is 0 Å². The average Bonchev–Trinajstić information content (AvgIpc) is 2.47. The predicted octanol–water partition coefficient (Wildman–Crippen LogP) is 5.20. The van der Waals surface area contributed by atoms with Crippen molar-refractivity contribution >= 4 is 0 Å². The number of aliphatic hydroxyl groups is 1. The van der Waals surface area contributed by atoms with E-state index in [4.69, 9.17) is 4.74 Å². The van der Waals surface area contributed by atoms with Gasteiger partial charge in [0.25, 0.3) is 0 Å². The summed E-state index contributed by atoms with van der Waals surface area (Å²) in [7, 11) is 0. The van der Waals surface area contributed by atoms with Crippen LogP contribution < -0.4 is 4.74 Å². The largest absolute Gasteiger partial charge is 0.457 e. The standard InChI is InChI=1S/C17H17F3O2/c1-11(2)14-10-12(16(21)17(18,19)20)8-9-15(14)22-13-6-4-3-5-7-13/h3-11,16,21H,1-2H3. The molecule has 0 aliphatic rings. The topological polar surface area (TPSA) is 29.5 Å². The fourth-order valence-electron chi connectivity index (χ4n) is 2.09. The Morgan fingerprint density at radius 1 is 1.00 bits per heavy atom. The van der Waals surface area contributed by atoms with Crippen LogP contribution in [0.2, 0.25) is 0 Å². The second-order valence-corrected chi connectivity index (χ2v) is 5.31. The van der Waals surface area contributed by atoms with Gasteiger partial charge in [-0.15, -0.1) is 0 Å². The number of hydrogen-bond acceptors (Lipinski definition) is 2. The van der Waals surface area contributed by atoms with Gasteiger partial charge in [0.1, 0.15) is 11.5 Å². The van der Waals surface area contributed by atoms with E-state index in [-0.39, 0.29) is 11.5 Å². The first-order valence-corrected chi connectivity index (χ1v) is 6.90. The molecule has 0 fully saturated rings. The van der Waals surface area contributed by atoms with E-state index in [0.717, 1.165) is 0 Å². The zero-order valence-electron chi connectivity index (χ0n) is 12.3. The first-order valence-electron chi connectivity index (χ1n) is 6.90. The maximum absolute atomic E-state index is 12.6. The highest BCUT2D eigenvalue weighted by Gasteiger charge is 2.39. The van der Waals surface area contributed by atoms with Crippen LogP contribution in [0.5, 0.6) is 11.5 Å². The Morgan fingerprint density at radius 2 is 1.64 bits per heavy atom. The van der Waals surface area contributed by atoms with Crippen LogP contribution in [0.4, 0.5) is 13.2 Å². The molecule has 2 aromatic carbocycles. The summed E-state index contributed by atoms with van der Waals surface area (Å²) in [6.45, 7) is 3.72. The monoisotopic (exact) mass is 310 g/mol. The molecule has 2 nitrogen and oxygen atoms in total. The highest BCUT2D eigenvalue weighted by Crippen LogP contribution is 2.37.